The number of hydrogen-bond donors (Lipinski definition) is 2. The Balaban J connectivity index is 1.46. The Hall–Kier alpha value is -3.45. The number of benzene rings is 3. The molecule has 0 aromatic heterocycles. The van der Waals surface area contributed by atoms with Gasteiger partial charge in [0.05, 0.1) is 13.3 Å². The summed E-state index contributed by atoms with van der Waals surface area (Å²) < 4.78 is 16.5. The SMILES string of the molecule is COc1cc(Cl)cc(/C=N/NC(=O)C2COc3cc4ccccc4cc3O2)c1O. The molecule has 0 saturated carbocycles. The first kappa shape index (κ1) is 18.9. The molecule has 0 aliphatic carbocycles. The van der Waals surface area contributed by atoms with E-state index >= 15 is 0 Å². The van der Waals surface area contributed by atoms with Gasteiger partial charge < -0.3 is 19.3 Å². The van der Waals surface area contributed by atoms with Gasteiger partial charge in [-0.05, 0) is 29.0 Å². The number of methoxy groups -OCH3 is 1. The van der Waals surface area contributed by atoms with Crippen LogP contribution in [0.15, 0.2) is 53.6 Å². The van der Waals surface area contributed by atoms with Crippen LogP contribution in [0, 0.1) is 0 Å². The summed E-state index contributed by atoms with van der Waals surface area (Å²) in [6, 6.07) is 14.5. The number of aromatic hydroxyl groups is 1. The van der Waals surface area contributed by atoms with Crippen molar-refractivity contribution in [3.63, 3.8) is 0 Å². The molecule has 0 radical (unpaired) electrons. The van der Waals surface area contributed by atoms with Crippen LogP contribution in [0.3, 0.4) is 0 Å². The van der Waals surface area contributed by atoms with Crippen molar-refractivity contribution in [2.45, 2.75) is 6.10 Å². The number of halogens is 1. The number of rotatable bonds is 4. The Morgan fingerprint density at radius 1 is 1.24 bits per heavy atom. The predicted molar refractivity (Wildman–Crippen MR) is 109 cm³/mol. The summed E-state index contributed by atoms with van der Waals surface area (Å²) in [5.41, 5.74) is 2.68. The summed E-state index contributed by atoms with van der Waals surface area (Å²) in [6.07, 6.45) is 0.413. The minimum atomic E-state index is -0.858. The van der Waals surface area contributed by atoms with Crippen LogP contribution < -0.4 is 19.6 Å². The monoisotopic (exact) mass is 412 g/mol. The van der Waals surface area contributed by atoms with Gasteiger partial charge in [-0.2, -0.15) is 5.10 Å². The quantitative estimate of drug-likeness (QED) is 0.505. The van der Waals surface area contributed by atoms with E-state index in [2.05, 4.69) is 10.5 Å². The number of phenolic OH excluding ortho intramolecular Hbond substituents is 1. The normalized spacial score (nSPS) is 15.4. The first-order valence-electron chi connectivity index (χ1n) is 8.77. The average Bonchev–Trinajstić information content (AvgIpc) is 2.73. The maximum absolute atomic E-state index is 12.4. The van der Waals surface area contributed by atoms with E-state index in [1.54, 1.807) is 0 Å². The molecule has 0 spiro atoms. The molecular formula is C21H17ClN2O5. The molecule has 1 unspecified atom stereocenters. The van der Waals surface area contributed by atoms with E-state index in [1.807, 2.05) is 36.4 Å². The van der Waals surface area contributed by atoms with Crippen molar-refractivity contribution in [1.29, 1.82) is 0 Å². The number of carbonyl (C=O) groups excluding carboxylic acids is 1. The first-order chi connectivity index (χ1) is 14.0. The molecular weight excluding hydrogens is 396 g/mol. The molecule has 3 aromatic rings. The first-order valence-corrected chi connectivity index (χ1v) is 9.14. The van der Waals surface area contributed by atoms with Crippen molar-refractivity contribution < 1.29 is 24.1 Å². The van der Waals surface area contributed by atoms with Crippen molar-refractivity contribution in [2.24, 2.45) is 5.10 Å². The molecule has 1 heterocycles. The van der Waals surface area contributed by atoms with Gasteiger partial charge in [-0.15, -0.1) is 0 Å². The van der Waals surface area contributed by atoms with Crippen LogP contribution in [0.5, 0.6) is 23.0 Å². The second kappa shape index (κ2) is 7.89. The smallest absolute Gasteiger partial charge is 0.284 e. The van der Waals surface area contributed by atoms with E-state index in [4.69, 9.17) is 25.8 Å². The summed E-state index contributed by atoms with van der Waals surface area (Å²) in [5.74, 6) is 0.683. The van der Waals surface area contributed by atoms with Gasteiger partial charge in [0.1, 0.15) is 6.61 Å². The zero-order valence-corrected chi connectivity index (χ0v) is 16.1. The van der Waals surface area contributed by atoms with Gasteiger partial charge in [0.25, 0.3) is 5.91 Å². The fourth-order valence-electron chi connectivity index (χ4n) is 2.97. The van der Waals surface area contributed by atoms with E-state index in [1.165, 1.54) is 25.5 Å². The molecule has 1 atom stereocenters. The number of carbonyl (C=O) groups is 1. The van der Waals surface area contributed by atoms with Gasteiger partial charge in [0.2, 0.25) is 6.10 Å². The third-order valence-electron chi connectivity index (χ3n) is 4.43. The van der Waals surface area contributed by atoms with Gasteiger partial charge >= 0.3 is 0 Å². The maximum Gasteiger partial charge on any atom is 0.284 e. The Labute approximate surface area is 171 Å². The fraction of sp³-hybridized carbons (Fsp3) is 0.143. The molecule has 0 fully saturated rings. The topological polar surface area (TPSA) is 89.4 Å². The van der Waals surface area contributed by atoms with E-state index < -0.39 is 12.0 Å². The zero-order valence-electron chi connectivity index (χ0n) is 15.4. The van der Waals surface area contributed by atoms with Crippen LogP contribution in [-0.4, -0.2) is 37.0 Å². The van der Waals surface area contributed by atoms with Crippen molar-refractivity contribution >= 4 is 34.5 Å². The van der Waals surface area contributed by atoms with Crippen LogP contribution in [0.4, 0.5) is 0 Å². The highest BCUT2D eigenvalue weighted by atomic mass is 35.5. The van der Waals surface area contributed by atoms with Gasteiger partial charge in [0, 0.05) is 16.7 Å². The summed E-state index contributed by atoms with van der Waals surface area (Å²) in [6.45, 7) is 0.0585. The lowest BCUT2D eigenvalue weighted by Crippen LogP contribution is -2.42. The number of hydrogen-bond acceptors (Lipinski definition) is 6. The third kappa shape index (κ3) is 3.90. The lowest BCUT2D eigenvalue weighted by atomic mass is 10.1. The molecule has 1 aliphatic rings. The van der Waals surface area contributed by atoms with E-state index in [0.717, 1.165) is 10.8 Å². The molecule has 2 N–H and O–H groups in total. The number of phenols is 1. The van der Waals surface area contributed by atoms with Crippen LogP contribution in [0.2, 0.25) is 5.02 Å². The molecule has 4 rings (SSSR count). The summed E-state index contributed by atoms with van der Waals surface area (Å²) in [4.78, 5) is 12.4. The summed E-state index contributed by atoms with van der Waals surface area (Å²) in [5, 5.41) is 16.3. The number of amides is 1. The van der Waals surface area contributed by atoms with Crippen molar-refractivity contribution in [3.05, 3.63) is 59.1 Å². The minimum absolute atomic E-state index is 0.0585. The largest absolute Gasteiger partial charge is 0.504 e. The minimum Gasteiger partial charge on any atom is -0.504 e. The van der Waals surface area contributed by atoms with E-state index in [-0.39, 0.29) is 18.1 Å². The van der Waals surface area contributed by atoms with E-state index in [0.29, 0.717) is 22.1 Å². The maximum atomic E-state index is 12.4. The Morgan fingerprint density at radius 2 is 1.97 bits per heavy atom. The van der Waals surface area contributed by atoms with Gasteiger partial charge in [-0.25, -0.2) is 5.43 Å². The average molecular weight is 413 g/mol. The van der Waals surface area contributed by atoms with Crippen LogP contribution in [0.1, 0.15) is 5.56 Å². The van der Waals surface area contributed by atoms with Crippen molar-refractivity contribution in [1.82, 2.24) is 5.43 Å². The summed E-state index contributed by atoms with van der Waals surface area (Å²) in [7, 11) is 1.41. The molecule has 7 nitrogen and oxygen atoms in total. The van der Waals surface area contributed by atoms with Crippen molar-refractivity contribution in [2.75, 3.05) is 13.7 Å². The lowest BCUT2D eigenvalue weighted by molar-refractivity contribution is -0.130. The van der Waals surface area contributed by atoms with Gasteiger partial charge in [-0.1, -0.05) is 35.9 Å². The number of hydrazone groups is 1. The number of nitrogens with one attached hydrogen (secondary N) is 1. The van der Waals surface area contributed by atoms with Crippen molar-refractivity contribution in [3.8, 4) is 23.0 Å². The van der Waals surface area contributed by atoms with Crippen LogP contribution in [-0.2, 0) is 4.79 Å². The molecule has 1 aliphatic heterocycles. The molecule has 148 valence electrons. The van der Waals surface area contributed by atoms with Crippen LogP contribution >= 0.6 is 11.6 Å². The second-order valence-electron chi connectivity index (χ2n) is 6.34. The highest BCUT2D eigenvalue weighted by Crippen LogP contribution is 2.36. The third-order valence-corrected chi connectivity index (χ3v) is 4.65. The molecule has 0 bridgehead atoms. The highest BCUT2D eigenvalue weighted by Gasteiger charge is 2.27. The molecule has 1 amide bonds. The lowest BCUT2D eigenvalue weighted by Gasteiger charge is -2.25. The van der Waals surface area contributed by atoms with Crippen LogP contribution in [0.25, 0.3) is 10.8 Å². The Bertz CT molecular complexity index is 1120. The zero-order chi connectivity index (χ0) is 20.4. The van der Waals surface area contributed by atoms with Gasteiger partial charge in [0.15, 0.2) is 23.0 Å². The number of nitrogens with zero attached hydrogens (tertiary/aromatic N) is 1. The standard InChI is InChI=1S/C21H17ClN2O5/c1-27-18-9-15(22)6-14(20(18)25)10-23-24-21(26)19-11-28-16-7-12-4-2-3-5-13(12)8-17(16)29-19/h2-10,19,25H,11H2,1H3,(H,24,26)/b23-10+. The molecule has 3 aromatic carbocycles. The number of ether oxygens (including phenoxy) is 3. The molecule has 0 saturated heterocycles. The fourth-order valence-corrected chi connectivity index (χ4v) is 3.19. The number of fused-ring (bicyclic) bond motifs is 2. The predicted octanol–water partition coefficient (Wildman–Crippen LogP) is 3.50. The summed E-state index contributed by atoms with van der Waals surface area (Å²) >= 11 is 5.98. The van der Waals surface area contributed by atoms with Gasteiger partial charge in [-0.3, -0.25) is 4.79 Å². The molecule has 8 heteroatoms. The highest BCUT2D eigenvalue weighted by molar-refractivity contribution is 6.31. The Morgan fingerprint density at radius 3 is 2.69 bits per heavy atom. The molecule has 29 heavy (non-hydrogen) atoms. The van der Waals surface area contributed by atoms with E-state index in [9.17, 15) is 9.90 Å². The Kier molecular flexibility index (Phi) is 5.14. The second-order valence-corrected chi connectivity index (χ2v) is 6.78.